The van der Waals surface area contributed by atoms with E-state index in [-0.39, 0.29) is 23.2 Å². The van der Waals surface area contributed by atoms with Crippen molar-refractivity contribution in [3.63, 3.8) is 0 Å². The van der Waals surface area contributed by atoms with Crippen molar-refractivity contribution in [1.29, 1.82) is 0 Å². The molecule has 2 rings (SSSR count). The monoisotopic (exact) mass is 354 g/mol. The quantitative estimate of drug-likeness (QED) is 0.657. The first-order valence-corrected chi connectivity index (χ1v) is 7.52. The van der Waals surface area contributed by atoms with Gasteiger partial charge in [-0.25, -0.2) is 4.39 Å². The summed E-state index contributed by atoms with van der Waals surface area (Å²) < 4.78 is 14.6. The second kappa shape index (κ2) is 6.96. The van der Waals surface area contributed by atoms with Gasteiger partial charge in [-0.05, 0) is 32.0 Å². The summed E-state index contributed by atoms with van der Waals surface area (Å²) in [5.41, 5.74) is 1.02. The van der Waals surface area contributed by atoms with Gasteiger partial charge in [0.15, 0.2) is 0 Å². The summed E-state index contributed by atoms with van der Waals surface area (Å²) in [6, 6.07) is 3.88. The lowest BCUT2D eigenvalue weighted by Gasteiger charge is -2.13. The second-order valence-corrected chi connectivity index (χ2v) is 5.89. The molecule has 0 aliphatic heterocycles. The van der Waals surface area contributed by atoms with E-state index in [0.717, 1.165) is 6.07 Å². The molecule has 1 atom stereocenters. The molecular weight excluding hydrogens is 339 g/mol. The molecule has 0 fully saturated rings. The van der Waals surface area contributed by atoms with Gasteiger partial charge in [0.25, 0.3) is 0 Å². The lowest BCUT2D eigenvalue weighted by molar-refractivity contribution is -0.386. The Morgan fingerprint density at radius 3 is 2.71 bits per heavy atom. The van der Waals surface area contributed by atoms with Crippen molar-refractivity contribution in [1.82, 2.24) is 9.78 Å². The second-order valence-electron chi connectivity index (χ2n) is 5.48. The standard InChI is InChI=1S/C15H16ClFN4O3/c1-8(7-20-10(3)14(21(23)24)9(2)19-20)15(22)18-11-4-5-13(17)12(16)6-11/h4-6,8H,7H2,1-3H3,(H,18,22)/t8-/m0/s1. The summed E-state index contributed by atoms with van der Waals surface area (Å²) in [6.45, 7) is 4.99. The van der Waals surface area contributed by atoms with Gasteiger partial charge in [-0.1, -0.05) is 18.5 Å². The molecule has 1 aromatic carbocycles. The largest absolute Gasteiger partial charge is 0.326 e. The lowest BCUT2D eigenvalue weighted by Crippen LogP contribution is -2.25. The van der Waals surface area contributed by atoms with Crippen LogP contribution in [0.3, 0.4) is 0 Å². The Bertz CT molecular complexity index is 806. The molecule has 7 nitrogen and oxygen atoms in total. The fourth-order valence-electron chi connectivity index (χ4n) is 2.31. The number of hydrogen-bond donors (Lipinski definition) is 1. The fourth-order valence-corrected chi connectivity index (χ4v) is 2.49. The van der Waals surface area contributed by atoms with Gasteiger partial charge in [-0.3, -0.25) is 19.6 Å². The Labute approximate surface area is 142 Å². The number of benzene rings is 1. The first kappa shape index (κ1) is 17.9. The first-order valence-electron chi connectivity index (χ1n) is 7.15. The number of nitrogens with zero attached hydrogens (tertiary/aromatic N) is 3. The summed E-state index contributed by atoms with van der Waals surface area (Å²) in [4.78, 5) is 22.7. The molecule has 0 radical (unpaired) electrons. The summed E-state index contributed by atoms with van der Waals surface area (Å²) in [5, 5.41) is 17.7. The van der Waals surface area contributed by atoms with E-state index < -0.39 is 16.7 Å². The first-order chi connectivity index (χ1) is 11.2. The van der Waals surface area contributed by atoms with Crippen LogP contribution in [-0.4, -0.2) is 20.6 Å². The predicted octanol–water partition coefficient (Wildman–Crippen LogP) is 3.48. The average molecular weight is 355 g/mol. The summed E-state index contributed by atoms with van der Waals surface area (Å²) in [7, 11) is 0. The van der Waals surface area contributed by atoms with Crippen LogP contribution in [0.5, 0.6) is 0 Å². The van der Waals surface area contributed by atoms with Crippen molar-refractivity contribution in [2.45, 2.75) is 27.3 Å². The zero-order valence-corrected chi connectivity index (χ0v) is 14.1. The Hall–Kier alpha value is -2.48. The average Bonchev–Trinajstić information content (AvgIpc) is 2.77. The minimum absolute atomic E-state index is 0.0482. The van der Waals surface area contributed by atoms with Crippen molar-refractivity contribution in [2.24, 2.45) is 5.92 Å². The van der Waals surface area contributed by atoms with Crippen LogP contribution in [0.25, 0.3) is 0 Å². The maximum Gasteiger partial charge on any atom is 0.312 e. The third-order valence-corrected chi connectivity index (χ3v) is 3.90. The van der Waals surface area contributed by atoms with Crippen LogP contribution < -0.4 is 5.32 Å². The molecule has 0 aliphatic carbocycles. The maximum atomic E-state index is 13.1. The van der Waals surface area contributed by atoms with Crippen molar-refractivity contribution in [3.05, 3.63) is 50.5 Å². The Morgan fingerprint density at radius 2 is 2.17 bits per heavy atom. The van der Waals surface area contributed by atoms with Crippen LogP contribution in [-0.2, 0) is 11.3 Å². The van der Waals surface area contributed by atoms with Crippen molar-refractivity contribution in [2.75, 3.05) is 5.32 Å². The minimum Gasteiger partial charge on any atom is -0.326 e. The highest BCUT2D eigenvalue weighted by Crippen LogP contribution is 2.23. The highest BCUT2D eigenvalue weighted by atomic mass is 35.5. The Kier molecular flexibility index (Phi) is 5.18. The number of rotatable bonds is 5. The molecule has 0 saturated heterocycles. The number of aryl methyl sites for hydroxylation is 1. The maximum absolute atomic E-state index is 13.1. The van der Waals surface area contributed by atoms with Gasteiger partial charge in [0.05, 0.1) is 22.4 Å². The molecule has 24 heavy (non-hydrogen) atoms. The van der Waals surface area contributed by atoms with E-state index in [2.05, 4.69) is 10.4 Å². The molecule has 1 N–H and O–H groups in total. The lowest BCUT2D eigenvalue weighted by atomic mass is 10.1. The van der Waals surface area contributed by atoms with Crippen LogP contribution in [0.15, 0.2) is 18.2 Å². The van der Waals surface area contributed by atoms with Crippen LogP contribution in [0.4, 0.5) is 15.8 Å². The molecule has 9 heteroatoms. The van der Waals surface area contributed by atoms with Crippen molar-refractivity contribution >= 4 is 28.9 Å². The van der Waals surface area contributed by atoms with Crippen molar-refractivity contribution < 1.29 is 14.1 Å². The number of aromatic nitrogens is 2. The summed E-state index contributed by atoms with van der Waals surface area (Å²) in [5.74, 6) is -1.41. The molecule has 1 amide bonds. The SMILES string of the molecule is Cc1nn(C[C@H](C)C(=O)Nc2ccc(F)c(Cl)c2)c(C)c1[N+](=O)[O-]. The molecule has 1 heterocycles. The van der Waals surface area contributed by atoms with Gasteiger partial charge in [-0.15, -0.1) is 0 Å². The van der Waals surface area contributed by atoms with E-state index in [4.69, 9.17) is 11.6 Å². The number of nitrogens with one attached hydrogen (secondary N) is 1. The Balaban J connectivity index is 2.10. The zero-order valence-electron chi connectivity index (χ0n) is 13.3. The third-order valence-electron chi connectivity index (χ3n) is 3.61. The van der Waals surface area contributed by atoms with Gasteiger partial charge in [0.1, 0.15) is 17.2 Å². The molecule has 128 valence electrons. The van der Waals surface area contributed by atoms with E-state index in [1.165, 1.54) is 16.8 Å². The third kappa shape index (κ3) is 3.70. The topological polar surface area (TPSA) is 90.1 Å². The number of amides is 1. The number of halogens is 2. The smallest absolute Gasteiger partial charge is 0.312 e. The van der Waals surface area contributed by atoms with E-state index >= 15 is 0 Å². The van der Waals surface area contributed by atoms with Crippen LogP contribution in [0.1, 0.15) is 18.3 Å². The van der Waals surface area contributed by atoms with Gasteiger partial charge in [-0.2, -0.15) is 5.10 Å². The van der Waals surface area contributed by atoms with E-state index in [9.17, 15) is 19.3 Å². The number of hydrogen-bond acceptors (Lipinski definition) is 4. The molecule has 0 unspecified atom stereocenters. The van der Waals surface area contributed by atoms with E-state index in [1.54, 1.807) is 20.8 Å². The van der Waals surface area contributed by atoms with Gasteiger partial charge < -0.3 is 5.32 Å². The molecule has 0 saturated carbocycles. The molecule has 1 aromatic heterocycles. The Morgan fingerprint density at radius 1 is 1.50 bits per heavy atom. The zero-order chi connectivity index (χ0) is 18.0. The normalized spacial score (nSPS) is 12.0. The predicted molar refractivity (Wildman–Crippen MR) is 87.6 cm³/mol. The fraction of sp³-hybridized carbons (Fsp3) is 0.333. The van der Waals surface area contributed by atoms with Gasteiger partial charge >= 0.3 is 5.69 Å². The van der Waals surface area contributed by atoms with Gasteiger partial charge in [0, 0.05) is 5.69 Å². The van der Waals surface area contributed by atoms with Gasteiger partial charge in [0.2, 0.25) is 5.91 Å². The summed E-state index contributed by atoms with van der Waals surface area (Å²) >= 11 is 5.67. The molecule has 0 aliphatic rings. The summed E-state index contributed by atoms with van der Waals surface area (Å²) in [6.07, 6.45) is 0. The minimum atomic E-state index is -0.572. The number of nitro groups is 1. The molecular formula is C15H16ClFN4O3. The van der Waals surface area contributed by atoms with Crippen LogP contribution in [0.2, 0.25) is 5.02 Å². The highest BCUT2D eigenvalue weighted by Gasteiger charge is 2.24. The number of carbonyl (C=O) groups is 1. The molecule has 0 bridgehead atoms. The van der Waals surface area contributed by atoms with E-state index in [1.807, 2.05) is 0 Å². The van der Waals surface area contributed by atoms with Crippen LogP contribution >= 0.6 is 11.6 Å². The number of anilines is 1. The van der Waals surface area contributed by atoms with Crippen molar-refractivity contribution in [3.8, 4) is 0 Å². The van der Waals surface area contributed by atoms with E-state index in [0.29, 0.717) is 17.1 Å². The molecule has 2 aromatic rings. The molecule has 0 spiro atoms. The van der Waals surface area contributed by atoms with Crippen LogP contribution in [0, 0.1) is 35.7 Å². The number of carbonyl (C=O) groups excluding carboxylic acids is 1. The highest BCUT2D eigenvalue weighted by molar-refractivity contribution is 6.31.